The summed E-state index contributed by atoms with van der Waals surface area (Å²) in [7, 11) is 0. The van der Waals surface area contributed by atoms with Gasteiger partial charge >= 0.3 is 12.5 Å². The minimum Gasteiger partial charge on any atom is -0.465 e. The largest absolute Gasteiger partial charge is 0.522 e. The van der Waals surface area contributed by atoms with E-state index in [-0.39, 0.29) is 12.8 Å². The Morgan fingerprint density at radius 3 is 2.17 bits per heavy atom. The molecule has 4 rings (SSSR count). The van der Waals surface area contributed by atoms with Gasteiger partial charge in [0.05, 0.1) is 11.5 Å². The third-order valence-corrected chi connectivity index (χ3v) is 4.95. The lowest BCUT2D eigenvalue weighted by Gasteiger charge is -2.68. The molecule has 134 valence electrons. The highest BCUT2D eigenvalue weighted by Gasteiger charge is 2.72. The average Bonchev–Trinajstić information content (AvgIpc) is 2.31. The summed E-state index contributed by atoms with van der Waals surface area (Å²) in [4.78, 5) is 34.4. The summed E-state index contributed by atoms with van der Waals surface area (Å²) in [5.74, 6) is -1.60. The van der Waals surface area contributed by atoms with E-state index in [1.807, 2.05) is 0 Å². The van der Waals surface area contributed by atoms with Gasteiger partial charge in [-0.05, 0) is 32.1 Å². The van der Waals surface area contributed by atoms with E-state index in [1.54, 1.807) is 0 Å². The zero-order chi connectivity index (χ0) is 17.8. The smallest absolute Gasteiger partial charge is 0.465 e. The van der Waals surface area contributed by atoms with Crippen LogP contribution in [0.5, 0.6) is 0 Å². The first kappa shape index (κ1) is 16.8. The van der Waals surface area contributed by atoms with Gasteiger partial charge in [0.25, 0.3) is 0 Å². The van der Waals surface area contributed by atoms with E-state index < -0.39 is 47.2 Å². The molecule has 2 bridgehead atoms. The van der Waals surface area contributed by atoms with Gasteiger partial charge in [0.1, 0.15) is 0 Å². The summed E-state index contributed by atoms with van der Waals surface area (Å²) in [5, 5.41) is 11.0. The first-order valence-electron chi connectivity index (χ1n) is 7.39. The standard InChI is InChI=1S/C13H16F3N3O5/c14-13(15,16)24-7-1-6(2-7)8(20)18-19-9(21)11-3-12(4-11,5-11)17-10(22)23/h6-7,17H,1-5H2,(H,18,20)(H,19,21)(H,22,23). The van der Waals surface area contributed by atoms with Crippen LogP contribution < -0.4 is 16.2 Å². The van der Waals surface area contributed by atoms with Crippen LogP contribution in [0.15, 0.2) is 0 Å². The first-order chi connectivity index (χ1) is 11.0. The highest BCUT2D eigenvalue weighted by molar-refractivity contribution is 5.90. The molecule has 3 amide bonds. The number of carbonyl (C=O) groups excluding carboxylic acids is 2. The van der Waals surface area contributed by atoms with Gasteiger partial charge in [-0.1, -0.05) is 0 Å². The minimum atomic E-state index is -4.72. The molecule has 4 fully saturated rings. The Balaban J connectivity index is 1.35. The molecular weight excluding hydrogens is 335 g/mol. The second-order valence-corrected chi connectivity index (χ2v) is 6.82. The van der Waals surface area contributed by atoms with E-state index in [4.69, 9.17) is 5.11 Å². The lowest BCUT2D eigenvalue weighted by atomic mass is 9.39. The van der Waals surface area contributed by atoms with Gasteiger partial charge < -0.3 is 10.4 Å². The van der Waals surface area contributed by atoms with Crippen molar-refractivity contribution in [3.05, 3.63) is 0 Å². The summed E-state index contributed by atoms with van der Waals surface area (Å²) < 4.78 is 39.7. The fourth-order valence-electron chi connectivity index (χ4n) is 3.81. The molecule has 0 radical (unpaired) electrons. The summed E-state index contributed by atoms with van der Waals surface area (Å²) in [6.45, 7) is 0. The Bertz CT molecular complexity index is 568. The number of carboxylic acid groups (broad SMARTS) is 1. The molecule has 4 N–H and O–H groups in total. The molecule has 0 aromatic carbocycles. The number of amides is 3. The van der Waals surface area contributed by atoms with Crippen LogP contribution in [0.2, 0.25) is 0 Å². The van der Waals surface area contributed by atoms with Crippen molar-refractivity contribution in [2.24, 2.45) is 11.3 Å². The van der Waals surface area contributed by atoms with E-state index >= 15 is 0 Å². The van der Waals surface area contributed by atoms with Gasteiger partial charge in [-0.25, -0.2) is 4.79 Å². The number of hydrazine groups is 1. The van der Waals surface area contributed by atoms with Crippen LogP contribution in [-0.2, 0) is 14.3 Å². The van der Waals surface area contributed by atoms with Gasteiger partial charge in [-0.15, -0.1) is 13.2 Å². The molecule has 0 spiro atoms. The SMILES string of the molecule is O=C(O)NC12CC(C(=O)NNC(=O)C3CC(OC(F)(F)F)C3)(C1)C2. The number of carbonyl (C=O) groups is 3. The predicted molar refractivity (Wildman–Crippen MR) is 70.1 cm³/mol. The van der Waals surface area contributed by atoms with Crippen LogP contribution >= 0.6 is 0 Å². The van der Waals surface area contributed by atoms with Crippen LogP contribution in [0.4, 0.5) is 18.0 Å². The van der Waals surface area contributed by atoms with Gasteiger partial charge in [0.2, 0.25) is 11.8 Å². The molecule has 0 atom stereocenters. The highest BCUT2D eigenvalue weighted by atomic mass is 19.4. The minimum absolute atomic E-state index is 0.0575. The van der Waals surface area contributed by atoms with E-state index in [0.717, 1.165) is 0 Å². The molecule has 0 saturated heterocycles. The maximum absolute atomic E-state index is 12.0. The normalized spacial score (nSPS) is 36.5. The summed E-state index contributed by atoms with van der Waals surface area (Å²) >= 11 is 0. The van der Waals surface area contributed by atoms with E-state index in [0.29, 0.717) is 19.3 Å². The number of hydrogen-bond donors (Lipinski definition) is 4. The van der Waals surface area contributed by atoms with Crippen LogP contribution in [0, 0.1) is 11.3 Å². The number of halogens is 3. The Labute approximate surface area is 134 Å². The third kappa shape index (κ3) is 2.99. The van der Waals surface area contributed by atoms with Gasteiger partial charge in [-0.2, -0.15) is 0 Å². The molecule has 0 heterocycles. The van der Waals surface area contributed by atoms with Crippen LogP contribution in [0.3, 0.4) is 0 Å². The highest BCUT2D eigenvalue weighted by Crippen LogP contribution is 2.67. The Morgan fingerprint density at radius 1 is 1.08 bits per heavy atom. The third-order valence-electron chi connectivity index (χ3n) is 4.95. The van der Waals surface area contributed by atoms with Crippen molar-refractivity contribution in [3.8, 4) is 0 Å². The fraction of sp³-hybridized carbons (Fsp3) is 0.769. The molecule has 4 aliphatic rings. The summed E-state index contributed by atoms with van der Waals surface area (Å²) in [5.41, 5.74) is 3.27. The van der Waals surface area contributed by atoms with Crippen molar-refractivity contribution >= 4 is 17.9 Å². The number of ether oxygens (including phenoxy) is 1. The van der Waals surface area contributed by atoms with Crippen molar-refractivity contribution in [3.63, 3.8) is 0 Å². The van der Waals surface area contributed by atoms with E-state index in [1.165, 1.54) is 0 Å². The molecule has 24 heavy (non-hydrogen) atoms. The second-order valence-electron chi connectivity index (χ2n) is 6.82. The molecule has 4 aliphatic carbocycles. The molecule has 0 aromatic heterocycles. The topological polar surface area (TPSA) is 117 Å². The van der Waals surface area contributed by atoms with Crippen LogP contribution in [-0.4, -0.2) is 41.0 Å². The van der Waals surface area contributed by atoms with Gasteiger partial charge in [0, 0.05) is 11.5 Å². The van der Waals surface area contributed by atoms with Crippen molar-refractivity contribution in [2.45, 2.75) is 50.1 Å². The maximum Gasteiger partial charge on any atom is 0.522 e. The lowest BCUT2D eigenvalue weighted by molar-refractivity contribution is -0.353. The predicted octanol–water partition coefficient (Wildman–Crippen LogP) is 0.639. The molecule has 4 saturated carbocycles. The van der Waals surface area contributed by atoms with Crippen molar-refractivity contribution in [1.82, 2.24) is 16.2 Å². The Morgan fingerprint density at radius 2 is 1.67 bits per heavy atom. The number of hydrogen-bond acceptors (Lipinski definition) is 4. The van der Waals surface area contributed by atoms with Crippen LogP contribution in [0.1, 0.15) is 32.1 Å². The number of nitrogens with one attached hydrogen (secondary N) is 3. The first-order valence-corrected chi connectivity index (χ1v) is 7.39. The quantitative estimate of drug-likeness (QED) is 0.555. The molecule has 0 aliphatic heterocycles. The van der Waals surface area contributed by atoms with Gasteiger partial charge in [0.15, 0.2) is 0 Å². The average molecular weight is 351 g/mol. The van der Waals surface area contributed by atoms with E-state index in [2.05, 4.69) is 20.9 Å². The zero-order valence-electron chi connectivity index (χ0n) is 12.4. The Kier molecular flexibility index (Phi) is 3.66. The molecule has 0 unspecified atom stereocenters. The molecule has 8 nitrogen and oxygen atoms in total. The maximum atomic E-state index is 12.0. The second kappa shape index (κ2) is 5.23. The molecule has 11 heteroatoms. The van der Waals surface area contributed by atoms with Crippen molar-refractivity contribution in [2.75, 3.05) is 0 Å². The zero-order valence-corrected chi connectivity index (χ0v) is 12.4. The lowest BCUT2D eigenvalue weighted by Crippen LogP contribution is -2.78. The summed E-state index contributed by atoms with van der Waals surface area (Å²) in [6, 6.07) is 0. The van der Waals surface area contributed by atoms with Gasteiger partial charge in [-0.3, -0.25) is 25.2 Å². The number of alkyl halides is 3. The summed E-state index contributed by atoms with van der Waals surface area (Å²) in [6.07, 6.45) is -5.88. The number of rotatable bonds is 4. The van der Waals surface area contributed by atoms with Crippen molar-refractivity contribution < 1.29 is 37.4 Å². The fourth-order valence-corrected chi connectivity index (χ4v) is 3.81. The monoisotopic (exact) mass is 351 g/mol. The molecule has 0 aromatic rings. The van der Waals surface area contributed by atoms with Crippen LogP contribution in [0.25, 0.3) is 0 Å². The van der Waals surface area contributed by atoms with Crippen molar-refractivity contribution in [1.29, 1.82) is 0 Å². The molecular formula is C13H16F3N3O5. The Hall–Kier alpha value is -2.04. The van der Waals surface area contributed by atoms with E-state index in [9.17, 15) is 27.6 Å².